The summed E-state index contributed by atoms with van der Waals surface area (Å²) in [5, 5.41) is 8.91. The van der Waals surface area contributed by atoms with Gasteiger partial charge in [-0.15, -0.1) is 0 Å². The molecular formula is C12H18N2O2. The molecule has 0 heterocycles. The van der Waals surface area contributed by atoms with Gasteiger partial charge in [-0.05, 0) is 38.1 Å². The van der Waals surface area contributed by atoms with Crippen LogP contribution in [0.2, 0.25) is 0 Å². The average molecular weight is 222 g/mol. The Bertz CT molecular complexity index is 347. The molecule has 0 spiro atoms. The molecule has 4 heteroatoms. The Kier molecular flexibility index (Phi) is 4.31. The number of carbonyl (C=O) groups is 1. The molecule has 0 bridgehead atoms. The molecule has 88 valence electrons. The lowest BCUT2D eigenvalue weighted by atomic mass is 10.1. The monoisotopic (exact) mass is 222 g/mol. The first kappa shape index (κ1) is 12.5. The Hall–Kier alpha value is -1.55. The van der Waals surface area contributed by atoms with E-state index in [2.05, 4.69) is 0 Å². The van der Waals surface area contributed by atoms with E-state index in [4.69, 9.17) is 10.8 Å². The van der Waals surface area contributed by atoms with Crippen LogP contribution < -0.4 is 5.73 Å². The lowest BCUT2D eigenvalue weighted by molar-refractivity contribution is 0.0665. The number of hydrogen-bond donors (Lipinski definition) is 2. The van der Waals surface area contributed by atoms with Crippen LogP contribution in [0, 0.1) is 0 Å². The van der Waals surface area contributed by atoms with Gasteiger partial charge in [0, 0.05) is 23.8 Å². The summed E-state index contributed by atoms with van der Waals surface area (Å²) >= 11 is 0. The topological polar surface area (TPSA) is 66.6 Å². The zero-order valence-electron chi connectivity index (χ0n) is 9.68. The van der Waals surface area contributed by atoms with Gasteiger partial charge in [0.15, 0.2) is 0 Å². The number of aliphatic hydroxyl groups excluding tert-OH is 1. The Morgan fingerprint density at radius 1 is 1.38 bits per heavy atom. The van der Waals surface area contributed by atoms with Crippen LogP contribution in [0.1, 0.15) is 24.2 Å². The third-order valence-electron chi connectivity index (χ3n) is 2.38. The molecule has 0 aromatic heterocycles. The van der Waals surface area contributed by atoms with Crippen LogP contribution in [-0.2, 0) is 0 Å². The molecule has 0 unspecified atom stereocenters. The number of rotatable bonds is 4. The molecule has 0 aliphatic rings. The number of nitrogens with zero attached hydrogens (tertiary/aromatic N) is 1. The van der Waals surface area contributed by atoms with Crippen LogP contribution in [0.4, 0.5) is 5.69 Å². The fourth-order valence-corrected chi connectivity index (χ4v) is 1.49. The van der Waals surface area contributed by atoms with Gasteiger partial charge in [0.2, 0.25) is 0 Å². The van der Waals surface area contributed by atoms with Crippen molar-refractivity contribution in [1.29, 1.82) is 0 Å². The maximum atomic E-state index is 12.1. The Labute approximate surface area is 95.7 Å². The van der Waals surface area contributed by atoms with Gasteiger partial charge in [-0.25, -0.2) is 0 Å². The van der Waals surface area contributed by atoms with Gasteiger partial charge in [-0.2, -0.15) is 0 Å². The lowest BCUT2D eigenvalue weighted by Crippen LogP contribution is -2.38. The smallest absolute Gasteiger partial charge is 0.254 e. The van der Waals surface area contributed by atoms with Gasteiger partial charge >= 0.3 is 0 Å². The lowest BCUT2D eigenvalue weighted by Gasteiger charge is -2.26. The van der Waals surface area contributed by atoms with E-state index in [0.717, 1.165) is 0 Å². The maximum Gasteiger partial charge on any atom is 0.254 e. The largest absolute Gasteiger partial charge is 0.399 e. The van der Waals surface area contributed by atoms with E-state index in [1.165, 1.54) is 0 Å². The highest BCUT2D eigenvalue weighted by atomic mass is 16.3. The average Bonchev–Trinajstić information content (AvgIpc) is 2.25. The molecule has 0 fully saturated rings. The highest BCUT2D eigenvalue weighted by Crippen LogP contribution is 2.10. The molecule has 0 aliphatic heterocycles. The van der Waals surface area contributed by atoms with Crippen LogP contribution in [0.5, 0.6) is 0 Å². The summed E-state index contributed by atoms with van der Waals surface area (Å²) in [4.78, 5) is 13.7. The fourth-order valence-electron chi connectivity index (χ4n) is 1.49. The summed E-state index contributed by atoms with van der Waals surface area (Å²) in [6, 6.07) is 6.86. The van der Waals surface area contributed by atoms with E-state index in [1.807, 2.05) is 13.8 Å². The molecule has 1 aromatic carbocycles. The molecule has 3 N–H and O–H groups in total. The summed E-state index contributed by atoms with van der Waals surface area (Å²) in [7, 11) is 0. The highest BCUT2D eigenvalue weighted by Gasteiger charge is 2.17. The van der Waals surface area contributed by atoms with Crippen LogP contribution in [-0.4, -0.2) is 35.1 Å². The zero-order chi connectivity index (χ0) is 12.1. The van der Waals surface area contributed by atoms with Crippen molar-refractivity contribution in [2.75, 3.05) is 18.9 Å². The Balaban J connectivity index is 2.86. The molecule has 1 rings (SSSR count). The first-order valence-electron chi connectivity index (χ1n) is 5.33. The summed E-state index contributed by atoms with van der Waals surface area (Å²) < 4.78 is 0. The summed E-state index contributed by atoms with van der Waals surface area (Å²) in [6.07, 6.45) is 0. The highest BCUT2D eigenvalue weighted by molar-refractivity contribution is 5.94. The van der Waals surface area contributed by atoms with E-state index in [0.29, 0.717) is 17.8 Å². The van der Waals surface area contributed by atoms with Crippen molar-refractivity contribution in [2.45, 2.75) is 19.9 Å². The molecule has 4 nitrogen and oxygen atoms in total. The second kappa shape index (κ2) is 5.51. The molecule has 0 saturated carbocycles. The normalized spacial score (nSPS) is 10.5. The molecular weight excluding hydrogens is 204 g/mol. The van der Waals surface area contributed by atoms with Crippen LogP contribution in [0.15, 0.2) is 24.3 Å². The van der Waals surface area contributed by atoms with Crippen LogP contribution in [0.25, 0.3) is 0 Å². The standard InChI is InChI=1S/C12H18N2O2/c1-9(2)14(7-8-15)12(16)10-3-5-11(13)6-4-10/h3-6,9,15H,7-8,13H2,1-2H3. The van der Waals surface area contributed by atoms with E-state index >= 15 is 0 Å². The van der Waals surface area contributed by atoms with Gasteiger partial charge in [0.1, 0.15) is 0 Å². The molecule has 1 aromatic rings. The van der Waals surface area contributed by atoms with Gasteiger partial charge in [0.05, 0.1) is 6.61 Å². The van der Waals surface area contributed by atoms with Crippen molar-refractivity contribution < 1.29 is 9.90 Å². The minimum atomic E-state index is -0.0796. The third kappa shape index (κ3) is 2.97. The van der Waals surface area contributed by atoms with E-state index < -0.39 is 0 Å². The van der Waals surface area contributed by atoms with Crippen molar-refractivity contribution >= 4 is 11.6 Å². The maximum absolute atomic E-state index is 12.1. The summed E-state index contributed by atoms with van der Waals surface area (Å²) in [5.74, 6) is -0.0796. The number of carbonyl (C=O) groups excluding carboxylic acids is 1. The van der Waals surface area contributed by atoms with Gasteiger partial charge in [-0.1, -0.05) is 0 Å². The number of anilines is 1. The third-order valence-corrected chi connectivity index (χ3v) is 2.38. The predicted octanol–water partition coefficient (Wildman–Crippen LogP) is 1.11. The van der Waals surface area contributed by atoms with Gasteiger partial charge in [0.25, 0.3) is 5.91 Å². The number of nitrogens with two attached hydrogens (primary N) is 1. The number of hydrogen-bond acceptors (Lipinski definition) is 3. The van der Waals surface area contributed by atoms with E-state index in [9.17, 15) is 4.79 Å². The minimum absolute atomic E-state index is 0.0289. The number of nitrogen functional groups attached to an aromatic ring is 1. The molecule has 1 amide bonds. The first-order chi connectivity index (χ1) is 7.56. The van der Waals surface area contributed by atoms with Crippen molar-refractivity contribution in [3.05, 3.63) is 29.8 Å². The van der Waals surface area contributed by atoms with Crippen LogP contribution in [0.3, 0.4) is 0 Å². The zero-order valence-corrected chi connectivity index (χ0v) is 9.68. The van der Waals surface area contributed by atoms with Gasteiger partial charge in [-0.3, -0.25) is 4.79 Å². The van der Waals surface area contributed by atoms with Gasteiger partial charge < -0.3 is 15.7 Å². The molecule has 0 radical (unpaired) electrons. The second-order valence-electron chi connectivity index (χ2n) is 3.94. The number of aliphatic hydroxyl groups is 1. The summed E-state index contributed by atoms with van der Waals surface area (Å²) in [6.45, 7) is 4.16. The number of amides is 1. The predicted molar refractivity (Wildman–Crippen MR) is 64.1 cm³/mol. The second-order valence-corrected chi connectivity index (χ2v) is 3.94. The van der Waals surface area contributed by atoms with Crippen molar-refractivity contribution in [3.63, 3.8) is 0 Å². The van der Waals surface area contributed by atoms with Crippen LogP contribution >= 0.6 is 0 Å². The Morgan fingerprint density at radius 3 is 2.38 bits per heavy atom. The Morgan fingerprint density at radius 2 is 1.94 bits per heavy atom. The minimum Gasteiger partial charge on any atom is -0.399 e. The number of benzene rings is 1. The van der Waals surface area contributed by atoms with E-state index in [1.54, 1.807) is 29.2 Å². The molecule has 16 heavy (non-hydrogen) atoms. The summed E-state index contributed by atoms with van der Waals surface area (Å²) in [5.41, 5.74) is 6.78. The van der Waals surface area contributed by atoms with Crippen molar-refractivity contribution in [1.82, 2.24) is 4.90 Å². The van der Waals surface area contributed by atoms with Crippen molar-refractivity contribution in [3.8, 4) is 0 Å². The molecule has 0 atom stereocenters. The fraction of sp³-hybridized carbons (Fsp3) is 0.417. The molecule has 0 saturated heterocycles. The van der Waals surface area contributed by atoms with E-state index in [-0.39, 0.29) is 18.6 Å². The van der Waals surface area contributed by atoms with Crippen molar-refractivity contribution in [2.24, 2.45) is 0 Å². The quantitative estimate of drug-likeness (QED) is 0.750. The SMILES string of the molecule is CC(C)N(CCO)C(=O)c1ccc(N)cc1. The first-order valence-corrected chi connectivity index (χ1v) is 5.33. The molecule has 0 aliphatic carbocycles.